The van der Waals surface area contributed by atoms with Gasteiger partial charge in [0.1, 0.15) is 0 Å². The van der Waals surface area contributed by atoms with Crippen LogP contribution in [0.4, 0.5) is 0 Å². The molecule has 2 unspecified atom stereocenters. The minimum atomic E-state index is 0.762. The first-order valence-electron chi connectivity index (χ1n) is 8.49. The Hall–Kier alpha value is -0.0400. The van der Waals surface area contributed by atoms with E-state index in [9.17, 15) is 0 Å². The van der Waals surface area contributed by atoms with Gasteiger partial charge in [0.2, 0.25) is 0 Å². The first kappa shape index (κ1) is 18.0. The standard InChI is InChI=1S/C17H37N/c1-5-8-10-11-12-14-17(18-15-7-3)16(4)13-9-6-2/h16-18H,5-15H2,1-4H3. The predicted molar refractivity (Wildman–Crippen MR) is 84.1 cm³/mol. The summed E-state index contributed by atoms with van der Waals surface area (Å²) in [5.41, 5.74) is 0. The van der Waals surface area contributed by atoms with Crippen LogP contribution < -0.4 is 5.32 Å². The highest BCUT2D eigenvalue weighted by Crippen LogP contribution is 2.18. The van der Waals surface area contributed by atoms with Crippen molar-refractivity contribution in [3.05, 3.63) is 0 Å². The molecule has 18 heavy (non-hydrogen) atoms. The molecular formula is C17H37N. The van der Waals surface area contributed by atoms with Crippen LogP contribution in [0.25, 0.3) is 0 Å². The van der Waals surface area contributed by atoms with Gasteiger partial charge in [0.05, 0.1) is 0 Å². The Morgan fingerprint density at radius 1 is 0.722 bits per heavy atom. The number of hydrogen-bond donors (Lipinski definition) is 1. The van der Waals surface area contributed by atoms with Gasteiger partial charge in [0.25, 0.3) is 0 Å². The van der Waals surface area contributed by atoms with E-state index in [0.717, 1.165) is 12.0 Å². The molecule has 0 aromatic rings. The monoisotopic (exact) mass is 255 g/mol. The van der Waals surface area contributed by atoms with Gasteiger partial charge >= 0.3 is 0 Å². The fraction of sp³-hybridized carbons (Fsp3) is 1.00. The molecular weight excluding hydrogens is 218 g/mol. The van der Waals surface area contributed by atoms with E-state index in [2.05, 4.69) is 33.0 Å². The van der Waals surface area contributed by atoms with E-state index in [4.69, 9.17) is 0 Å². The minimum absolute atomic E-state index is 0.762. The second kappa shape index (κ2) is 13.4. The first-order chi connectivity index (χ1) is 8.76. The second-order valence-corrected chi connectivity index (χ2v) is 5.88. The first-order valence-corrected chi connectivity index (χ1v) is 8.49. The van der Waals surface area contributed by atoms with Gasteiger partial charge in [-0.15, -0.1) is 0 Å². The summed E-state index contributed by atoms with van der Waals surface area (Å²) in [5.74, 6) is 0.850. The van der Waals surface area contributed by atoms with Crippen molar-refractivity contribution in [3.63, 3.8) is 0 Å². The zero-order chi connectivity index (χ0) is 13.6. The van der Waals surface area contributed by atoms with Crippen LogP contribution in [0.3, 0.4) is 0 Å². The summed E-state index contributed by atoms with van der Waals surface area (Å²) in [6.07, 6.45) is 13.8. The quantitative estimate of drug-likeness (QED) is 0.426. The molecule has 0 rings (SSSR count). The minimum Gasteiger partial charge on any atom is -0.314 e. The molecule has 0 aliphatic rings. The molecule has 1 nitrogen and oxygen atoms in total. The van der Waals surface area contributed by atoms with E-state index in [0.29, 0.717) is 0 Å². The molecule has 0 spiro atoms. The third kappa shape index (κ3) is 9.94. The van der Waals surface area contributed by atoms with E-state index < -0.39 is 0 Å². The van der Waals surface area contributed by atoms with Crippen LogP contribution in [0.5, 0.6) is 0 Å². The van der Waals surface area contributed by atoms with Crippen molar-refractivity contribution < 1.29 is 0 Å². The molecule has 0 heterocycles. The molecule has 0 aliphatic carbocycles. The van der Waals surface area contributed by atoms with Crippen LogP contribution >= 0.6 is 0 Å². The van der Waals surface area contributed by atoms with Crippen LogP contribution in [-0.4, -0.2) is 12.6 Å². The highest BCUT2D eigenvalue weighted by molar-refractivity contribution is 4.73. The Balaban J connectivity index is 3.82. The maximum Gasteiger partial charge on any atom is 0.00926 e. The smallest absolute Gasteiger partial charge is 0.00926 e. The molecule has 1 N–H and O–H groups in total. The van der Waals surface area contributed by atoms with Crippen LogP contribution in [0.1, 0.15) is 91.9 Å². The van der Waals surface area contributed by atoms with Gasteiger partial charge in [-0.25, -0.2) is 0 Å². The van der Waals surface area contributed by atoms with Crippen LogP contribution in [0, 0.1) is 5.92 Å². The molecule has 0 saturated carbocycles. The average Bonchev–Trinajstić information content (AvgIpc) is 2.39. The molecule has 110 valence electrons. The van der Waals surface area contributed by atoms with Crippen LogP contribution in [-0.2, 0) is 0 Å². The summed E-state index contributed by atoms with van der Waals surface area (Å²) >= 11 is 0. The van der Waals surface area contributed by atoms with E-state index in [1.165, 1.54) is 70.8 Å². The van der Waals surface area contributed by atoms with Crippen molar-refractivity contribution in [2.45, 2.75) is 97.9 Å². The molecule has 0 aromatic heterocycles. The van der Waals surface area contributed by atoms with Gasteiger partial charge in [-0.05, 0) is 31.7 Å². The van der Waals surface area contributed by atoms with Crippen molar-refractivity contribution in [1.29, 1.82) is 0 Å². The topological polar surface area (TPSA) is 12.0 Å². The molecule has 0 bridgehead atoms. The van der Waals surface area contributed by atoms with E-state index in [1.807, 2.05) is 0 Å². The number of unbranched alkanes of at least 4 members (excludes halogenated alkanes) is 5. The summed E-state index contributed by atoms with van der Waals surface area (Å²) in [6.45, 7) is 10.5. The lowest BCUT2D eigenvalue weighted by Gasteiger charge is -2.25. The van der Waals surface area contributed by atoms with Crippen molar-refractivity contribution in [2.24, 2.45) is 5.92 Å². The maximum absolute atomic E-state index is 3.77. The lowest BCUT2D eigenvalue weighted by Crippen LogP contribution is -2.35. The van der Waals surface area contributed by atoms with Gasteiger partial charge in [-0.2, -0.15) is 0 Å². The summed E-state index contributed by atoms with van der Waals surface area (Å²) in [6, 6.07) is 0.762. The van der Waals surface area contributed by atoms with Gasteiger partial charge in [0.15, 0.2) is 0 Å². The molecule has 0 fully saturated rings. The SMILES string of the molecule is CCCCCCCC(NCCC)C(C)CCCC. The largest absolute Gasteiger partial charge is 0.314 e. The summed E-state index contributed by atoms with van der Waals surface area (Å²) in [5, 5.41) is 3.77. The highest BCUT2D eigenvalue weighted by atomic mass is 14.9. The second-order valence-electron chi connectivity index (χ2n) is 5.88. The Morgan fingerprint density at radius 3 is 2.00 bits per heavy atom. The molecule has 0 amide bonds. The fourth-order valence-corrected chi connectivity index (χ4v) is 2.61. The molecule has 0 saturated heterocycles. The number of hydrogen-bond acceptors (Lipinski definition) is 1. The van der Waals surface area contributed by atoms with E-state index >= 15 is 0 Å². The summed E-state index contributed by atoms with van der Waals surface area (Å²) in [7, 11) is 0. The van der Waals surface area contributed by atoms with Crippen molar-refractivity contribution in [3.8, 4) is 0 Å². The lowest BCUT2D eigenvalue weighted by molar-refractivity contribution is 0.323. The normalized spacial score (nSPS) is 14.7. The highest BCUT2D eigenvalue weighted by Gasteiger charge is 2.15. The number of rotatable bonds is 13. The van der Waals surface area contributed by atoms with Gasteiger partial charge in [0, 0.05) is 6.04 Å². The Labute approximate surface area is 116 Å². The van der Waals surface area contributed by atoms with Gasteiger partial charge < -0.3 is 5.32 Å². The zero-order valence-corrected chi connectivity index (χ0v) is 13.4. The zero-order valence-electron chi connectivity index (χ0n) is 13.4. The average molecular weight is 255 g/mol. The Morgan fingerprint density at radius 2 is 1.39 bits per heavy atom. The molecule has 1 heteroatoms. The van der Waals surface area contributed by atoms with Gasteiger partial charge in [-0.1, -0.05) is 72.6 Å². The maximum atomic E-state index is 3.77. The Kier molecular flexibility index (Phi) is 13.4. The molecule has 0 radical (unpaired) electrons. The third-order valence-corrected chi connectivity index (χ3v) is 3.98. The van der Waals surface area contributed by atoms with E-state index in [1.54, 1.807) is 0 Å². The van der Waals surface area contributed by atoms with Crippen molar-refractivity contribution in [2.75, 3.05) is 6.54 Å². The summed E-state index contributed by atoms with van der Waals surface area (Å²) < 4.78 is 0. The fourth-order valence-electron chi connectivity index (χ4n) is 2.61. The van der Waals surface area contributed by atoms with Crippen LogP contribution in [0.2, 0.25) is 0 Å². The lowest BCUT2D eigenvalue weighted by atomic mass is 9.91. The number of nitrogens with one attached hydrogen (secondary N) is 1. The van der Waals surface area contributed by atoms with Crippen molar-refractivity contribution >= 4 is 0 Å². The van der Waals surface area contributed by atoms with Gasteiger partial charge in [-0.3, -0.25) is 0 Å². The van der Waals surface area contributed by atoms with Crippen LogP contribution in [0.15, 0.2) is 0 Å². The Bertz CT molecular complexity index is 156. The summed E-state index contributed by atoms with van der Waals surface area (Å²) in [4.78, 5) is 0. The molecule has 0 aliphatic heterocycles. The molecule has 2 atom stereocenters. The predicted octanol–water partition coefficient (Wildman–Crippen LogP) is 5.54. The third-order valence-electron chi connectivity index (χ3n) is 3.98. The molecule has 0 aromatic carbocycles. The van der Waals surface area contributed by atoms with Crippen molar-refractivity contribution in [1.82, 2.24) is 5.32 Å². The van der Waals surface area contributed by atoms with E-state index in [-0.39, 0.29) is 0 Å².